The van der Waals surface area contributed by atoms with Crippen molar-refractivity contribution in [1.29, 1.82) is 0 Å². The summed E-state index contributed by atoms with van der Waals surface area (Å²) in [6.07, 6.45) is 0. The zero-order chi connectivity index (χ0) is 33.1. The first-order valence-corrected chi connectivity index (χ1v) is 15.5. The zero-order valence-electron chi connectivity index (χ0n) is 24.4. The normalized spacial score (nSPS) is 16.1. The molecule has 6 rings (SSSR count). The number of aryl methyl sites for hydroxylation is 1. The number of hydrogen-bond acceptors (Lipinski definition) is 10. The van der Waals surface area contributed by atoms with E-state index < -0.39 is 45.1 Å². The lowest BCUT2D eigenvalue weighted by Gasteiger charge is -2.32. The maximum Gasteiger partial charge on any atom is 0.534 e. The van der Waals surface area contributed by atoms with E-state index in [0.29, 0.717) is 5.39 Å². The highest BCUT2D eigenvalue weighted by atomic mass is 32.2. The first-order valence-electron chi connectivity index (χ1n) is 13.3. The molecular formula is C29H25BF3NO9S2. The Bertz CT molecular complexity index is 2120. The molecule has 1 saturated heterocycles. The fraction of sp³-hybridized carbons (Fsp3) is 0.276. The molecule has 0 spiro atoms. The number of non-ortho nitro benzene ring substituents is 1. The monoisotopic (exact) mass is 663 g/mol. The van der Waals surface area contributed by atoms with Crippen molar-refractivity contribution in [3.63, 3.8) is 0 Å². The van der Waals surface area contributed by atoms with Gasteiger partial charge < -0.3 is 17.9 Å². The topological polar surface area (TPSA) is 135 Å². The summed E-state index contributed by atoms with van der Waals surface area (Å²) in [6, 6.07) is 15.6. The third-order valence-corrected chi connectivity index (χ3v) is 9.75. The second kappa shape index (κ2) is 11.1. The van der Waals surface area contributed by atoms with E-state index in [1.165, 1.54) is 19.1 Å². The average molecular weight is 663 g/mol. The smallest absolute Gasteiger partial charge is 0.457 e. The molecule has 236 valence electrons. The van der Waals surface area contributed by atoms with E-state index in [0.717, 1.165) is 32.4 Å². The first-order chi connectivity index (χ1) is 20.8. The summed E-state index contributed by atoms with van der Waals surface area (Å²) in [6.45, 7) is 9.40. The second-order valence-electron chi connectivity index (χ2n) is 11.2. The number of alkyl halides is 3. The molecular weight excluding hydrogens is 638 g/mol. The maximum atomic E-state index is 12.3. The van der Waals surface area contributed by atoms with Gasteiger partial charge in [-0.3, -0.25) is 14.9 Å². The summed E-state index contributed by atoms with van der Waals surface area (Å²) in [4.78, 5) is 22.8. The SMILES string of the molecule is CC1(C)OB(c2ccc([N+](=O)[O-])c3c2sc2ccccc23)OC1(C)C.Cc1cc(=O)c2cccc(OS(=O)(=O)C(F)(F)F)c2o1. The number of nitrogens with zero attached hydrogens (tertiary/aromatic N) is 1. The molecule has 10 nitrogen and oxygen atoms in total. The second-order valence-corrected chi connectivity index (χ2v) is 13.7. The molecule has 3 heterocycles. The zero-order valence-corrected chi connectivity index (χ0v) is 26.1. The van der Waals surface area contributed by atoms with Gasteiger partial charge in [0, 0.05) is 32.4 Å². The summed E-state index contributed by atoms with van der Waals surface area (Å²) < 4.78 is 82.0. The summed E-state index contributed by atoms with van der Waals surface area (Å²) in [5.74, 6) is -0.580. The summed E-state index contributed by atoms with van der Waals surface area (Å²) in [5, 5.41) is 13.0. The van der Waals surface area contributed by atoms with Gasteiger partial charge in [0.05, 0.1) is 26.9 Å². The Morgan fingerprint density at radius 1 is 0.956 bits per heavy atom. The molecule has 0 bridgehead atoms. The van der Waals surface area contributed by atoms with Crippen molar-refractivity contribution in [3.8, 4) is 5.75 Å². The van der Waals surface area contributed by atoms with Crippen LogP contribution in [0.1, 0.15) is 33.5 Å². The molecule has 0 amide bonds. The number of para-hydroxylation sites is 1. The molecule has 0 saturated carbocycles. The minimum atomic E-state index is -5.83. The summed E-state index contributed by atoms with van der Waals surface area (Å²) in [5.41, 5.74) is -6.39. The van der Waals surface area contributed by atoms with Crippen LogP contribution in [0.3, 0.4) is 0 Å². The van der Waals surface area contributed by atoms with Gasteiger partial charge in [-0.15, -0.1) is 11.3 Å². The van der Waals surface area contributed by atoms with Gasteiger partial charge in [-0.1, -0.05) is 30.3 Å². The van der Waals surface area contributed by atoms with Gasteiger partial charge >= 0.3 is 22.7 Å². The Hall–Kier alpha value is -3.99. The average Bonchev–Trinajstić information content (AvgIpc) is 3.41. The molecule has 5 aromatic rings. The van der Waals surface area contributed by atoms with Crippen molar-refractivity contribution >= 4 is 70.9 Å². The molecule has 0 aliphatic carbocycles. The van der Waals surface area contributed by atoms with Crippen LogP contribution < -0.4 is 15.1 Å². The molecule has 0 radical (unpaired) electrons. The van der Waals surface area contributed by atoms with Crippen LogP contribution in [0, 0.1) is 17.0 Å². The standard InChI is InChI=1S/C18H18BNO4S.C11H7F3O5S/c1-17(2)18(3,4)24-19(23-17)12-9-10-13(20(21)22)15-11-7-5-6-8-14(11)25-16(12)15;1-6-5-8(15)7-3-2-4-9(10(7)18-6)19-20(16,17)11(12,13)14/h5-10H,1-4H3;2-5H,1H3. The molecule has 1 aliphatic heterocycles. The molecule has 0 N–H and O–H groups in total. The van der Waals surface area contributed by atoms with Crippen molar-refractivity contribution in [2.24, 2.45) is 0 Å². The molecule has 16 heteroatoms. The lowest BCUT2D eigenvalue weighted by atomic mass is 9.78. The van der Waals surface area contributed by atoms with Gasteiger partial charge in [-0.25, -0.2) is 0 Å². The number of nitro benzene ring substituents is 1. The lowest BCUT2D eigenvalue weighted by molar-refractivity contribution is -0.383. The highest BCUT2D eigenvalue weighted by molar-refractivity contribution is 7.88. The Kier molecular flexibility index (Phi) is 8.01. The Morgan fingerprint density at radius 2 is 1.58 bits per heavy atom. The number of halogens is 3. The van der Waals surface area contributed by atoms with Crippen LogP contribution in [0.2, 0.25) is 0 Å². The quantitative estimate of drug-likeness (QED) is 0.0686. The minimum absolute atomic E-state index is 0.0783. The number of rotatable bonds is 4. The van der Waals surface area contributed by atoms with E-state index in [9.17, 15) is 36.5 Å². The third-order valence-electron chi connectivity index (χ3n) is 7.56. The van der Waals surface area contributed by atoms with Gasteiger partial charge in [-0.2, -0.15) is 21.6 Å². The molecule has 45 heavy (non-hydrogen) atoms. The van der Waals surface area contributed by atoms with Crippen LogP contribution in [0.15, 0.2) is 69.9 Å². The van der Waals surface area contributed by atoms with Gasteiger partial charge in [-0.05, 0) is 52.8 Å². The van der Waals surface area contributed by atoms with Crippen molar-refractivity contribution in [2.75, 3.05) is 0 Å². The van der Waals surface area contributed by atoms with Gasteiger partial charge in [0.25, 0.3) is 5.69 Å². The predicted molar refractivity (Wildman–Crippen MR) is 165 cm³/mol. The van der Waals surface area contributed by atoms with Crippen LogP contribution in [0.25, 0.3) is 31.1 Å². The van der Waals surface area contributed by atoms with Crippen molar-refractivity contribution in [1.82, 2.24) is 0 Å². The molecule has 1 aliphatic rings. The fourth-order valence-corrected chi connectivity index (χ4v) is 6.34. The maximum absolute atomic E-state index is 12.3. The number of nitro groups is 1. The van der Waals surface area contributed by atoms with Crippen molar-refractivity contribution in [3.05, 3.63) is 86.8 Å². The van der Waals surface area contributed by atoms with E-state index in [1.54, 1.807) is 23.5 Å². The summed E-state index contributed by atoms with van der Waals surface area (Å²) >= 11 is 1.54. The number of thiophene rings is 1. The molecule has 2 aromatic heterocycles. The van der Waals surface area contributed by atoms with Crippen LogP contribution in [0.5, 0.6) is 5.75 Å². The minimum Gasteiger partial charge on any atom is -0.457 e. The largest absolute Gasteiger partial charge is 0.534 e. The molecule has 3 aromatic carbocycles. The molecule has 1 fully saturated rings. The van der Waals surface area contributed by atoms with E-state index in [-0.39, 0.29) is 27.3 Å². The van der Waals surface area contributed by atoms with Gasteiger partial charge in [0.2, 0.25) is 0 Å². The van der Waals surface area contributed by atoms with Crippen molar-refractivity contribution in [2.45, 2.75) is 51.3 Å². The van der Waals surface area contributed by atoms with E-state index in [2.05, 4.69) is 4.18 Å². The first kappa shape index (κ1) is 32.4. The van der Waals surface area contributed by atoms with Gasteiger partial charge in [0.15, 0.2) is 16.8 Å². The Labute approximate surface area is 258 Å². The molecule has 0 unspecified atom stereocenters. The third kappa shape index (κ3) is 5.90. The number of fused-ring (bicyclic) bond motifs is 4. The highest BCUT2D eigenvalue weighted by Gasteiger charge is 2.52. The van der Waals surface area contributed by atoms with E-state index in [1.807, 2.05) is 52.0 Å². The van der Waals surface area contributed by atoms with Crippen LogP contribution >= 0.6 is 11.3 Å². The van der Waals surface area contributed by atoms with Crippen LogP contribution in [-0.4, -0.2) is 37.2 Å². The lowest BCUT2D eigenvalue weighted by Crippen LogP contribution is -2.41. The highest BCUT2D eigenvalue weighted by Crippen LogP contribution is 2.41. The van der Waals surface area contributed by atoms with Crippen molar-refractivity contribution < 1.29 is 44.4 Å². The van der Waals surface area contributed by atoms with Crippen LogP contribution in [0.4, 0.5) is 18.9 Å². The Morgan fingerprint density at radius 3 is 2.20 bits per heavy atom. The van der Waals surface area contributed by atoms with Gasteiger partial charge in [0.1, 0.15) is 5.76 Å². The van der Waals surface area contributed by atoms with E-state index in [4.69, 9.17) is 13.7 Å². The van der Waals surface area contributed by atoms with Crippen LogP contribution in [-0.2, 0) is 19.4 Å². The summed E-state index contributed by atoms with van der Waals surface area (Å²) in [7, 11) is -6.37. The predicted octanol–water partition coefficient (Wildman–Crippen LogP) is 6.59. The fourth-order valence-electron chi connectivity index (χ4n) is 4.64. The van der Waals surface area contributed by atoms with E-state index >= 15 is 0 Å². The number of benzene rings is 3. The molecule has 0 atom stereocenters. The number of hydrogen-bond donors (Lipinski definition) is 0. The Balaban J connectivity index is 0.000000183.